The molecule has 1 unspecified atom stereocenters. The molecule has 2 rings (SSSR count). The molecule has 0 aliphatic heterocycles. The zero-order valence-electron chi connectivity index (χ0n) is 13.7. The summed E-state index contributed by atoms with van der Waals surface area (Å²) in [5.41, 5.74) is 0.205. The summed E-state index contributed by atoms with van der Waals surface area (Å²) < 4.78 is 5.20. The van der Waals surface area contributed by atoms with Crippen molar-refractivity contribution in [2.75, 3.05) is 0 Å². The lowest BCUT2D eigenvalue weighted by Crippen LogP contribution is -2.47. The van der Waals surface area contributed by atoms with Gasteiger partial charge >= 0.3 is 6.09 Å². The fraction of sp³-hybridized carbons (Fsp3) is 0.353. The Morgan fingerprint density at radius 2 is 1.87 bits per heavy atom. The number of nitrogens with zero attached hydrogens (tertiary/aromatic N) is 1. The van der Waals surface area contributed by atoms with Gasteiger partial charge in [-0.3, -0.25) is 5.10 Å². The van der Waals surface area contributed by atoms with E-state index in [1.54, 1.807) is 33.8 Å². The number of ether oxygens (including phenoxy) is 1. The highest BCUT2D eigenvalue weighted by molar-refractivity contribution is 5.78. The van der Waals surface area contributed by atoms with Gasteiger partial charge in [0.2, 0.25) is 0 Å². The van der Waals surface area contributed by atoms with Gasteiger partial charge in [0, 0.05) is 5.56 Å². The van der Waals surface area contributed by atoms with E-state index in [-0.39, 0.29) is 0 Å². The third-order valence-corrected chi connectivity index (χ3v) is 3.20. The molecule has 0 spiro atoms. The molecule has 0 aliphatic rings. The number of aromatic nitrogens is 2. The van der Waals surface area contributed by atoms with Crippen LogP contribution in [0.25, 0.3) is 11.3 Å². The molecule has 122 valence electrons. The molecule has 2 N–H and O–H groups in total. The maximum absolute atomic E-state index is 12.0. The second kappa shape index (κ2) is 6.24. The maximum atomic E-state index is 12.0. The largest absolute Gasteiger partial charge is 0.444 e. The van der Waals surface area contributed by atoms with Crippen molar-refractivity contribution in [3.05, 3.63) is 42.1 Å². The highest BCUT2D eigenvalue weighted by atomic mass is 16.6. The number of hydrogen-bond donors (Lipinski definition) is 2. The van der Waals surface area contributed by atoms with Crippen LogP contribution in [0.2, 0.25) is 0 Å². The van der Waals surface area contributed by atoms with Crippen molar-refractivity contribution in [2.24, 2.45) is 0 Å². The Morgan fingerprint density at radius 3 is 2.43 bits per heavy atom. The zero-order chi connectivity index (χ0) is 17.1. The van der Waals surface area contributed by atoms with Gasteiger partial charge in [-0.2, -0.15) is 5.10 Å². The lowest BCUT2D eigenvalue weighted by atomic mass is 9.99. The number of rotatable bonds is 4. The number of H-pyrrole nitrogens is 1. The van der Waals surface area contributed by atoms with Crippen LogP contribution < -0.4 is 5.32 Å². The van der Waals surface area contributed by atoms with Gasteiger partial charge in [0.05, 0.1) is 11.4 Å². The monoisotopic (exact) mass is 315 g/mol. The molecule has 6 heteroatoms. The van der Waals surface area contributed by atoms with Crippen molar-refractivity contribution >= 4 is 12.4 Å². The highest BCUT2D eigenvalue weighted by Gasteiger charge is 2.32. The summed E-state index contributed by atoms with van der Waals surface area (Å²) in [4.78, 5) is 23.5. The molecule has 2 aromatic rings. The topological polar surface area (TPSA) is 84.1 Å². The molecule has 1 aromatic carbocycles. The Kier molecular flexibility index (Phi) is 4.54. The molecule has 0 bridgehead atoms. The maximum Gasteiger partial charge on any atom is 0.408 e. The van der Waals surface area contributed by atoms with Gasteiger partial charge in [-0.05, 0) is 33.8 Å². The first-order valence-electron chi connectivity index (χ1n) is 7.32. The average Bonchev–Trinajstić information content (AvgIpc) is 2.96. The lowest BCUT2D eigenvalue weighted by molar-refractivity contribution is -0.113. The van der Waals surface area contributed by atoms with Crippen molar-refractivity contribution in [2.45, 2.75) is 38.8 Å². The summed E-state index contributed by atoms with van der Waals surface area (Å²) in [5, 5.41) is 9.60. The molecule has 0 aliphatic carbocycles. The molecule has 1 atom stereocenters. The predicted octanol–water partition coefficient (Wildman–Crippen LogP) is 3.02. The Balaban J connectivity index is 2.22. The standard InChI is InChI=1S/C17H21N3O3/c1-16(2,3)23-15(22)18-17(4,11-21)14-10-13(19-20-14)12-8-6-5-7-9-12/h5-11H,1-4H3,(H,18,22)(H,19,20). The van der Waals surface area contributed by atoms with Crippen LogP contribution >= 0.6 is 0 Å². The summed E-state index contributed by atoms with van der Waals surface area (Å²) in [7, 11) is 0. The lowest BCUT2D eigenvalue weighted by Gasteiger charge is -2.26. The number of nitrogens with one attached hydrogen (secondary N) is 2. The van der Waals surface area contributed by atoms with Crippen LogP contribution in [-0.2, 0) is 15.1 Å². The first kappa shape index (κ1) is 16.7. The van der Waals surface area contributed by atoms with Crippen LogP contribution in [0.4, 0.5) is 4.79 Å². The van der Waals surface area contributed by atoms with Gasteiger partial charge in [-0.1, -0.05) is 30.3 Å². The molecule has 23 heavy (non-hydrogen) atoms. The normalized spacial score (nSPS) is 13.9. The molecule has 6 nitrogen and oxygen atoms in total. The van der Waals surface area contributed by atoms with Gasteiger partial charge in [-0.25, -0.2) is 4.79 Å². The van der Waals surface area contributed by atoms with E-state index in [1.165, 1.54) is 0 Å². The fourth-order valence-corrected chi connectivity index (χ4v) is 2.02. The number of amides is 1. The van der Waals surface area contributed by atoms with E-state index in [4.69, 9.17) is 4.74 Å². The minimum Gasteiger partial charge on any atom is -0.444 e. The van der Waals surface area contributed by atoms with Crippen molar-refractivity contribution < 1.29 is 14.3 Å². The van der Waals surface area contributed by atoms with Gasteiger partial charge in [-0.15, -0.1) is 0 Å². The summed E-state index contributed by atoms with van der Waals surface area (Å²) >= 11 is 0. The molecule has 1 heterocycles. The predicted molar refractivity (Wildman–Crippen MR) is 86.8 cm³/mol. The van der Waals surface area contributed by atoms with Gasteiger partial charge in [0.1, 0.15) is 11.1 Å². The van der Waals surface area contributed by atoms with Gasteiger partial charge in [0.25, 0.3) is 0 Å². The van der Waals surface area contributed by atoms with E-state index < -0.39 is 17.2 Å². The SMILES string of the molecule is CC(C)(C)OC(=O)NC(C)(C=O)c1cc(-c2ccccc2)n[nH]1. The van der Waals surface area contributed by atoms with Crippen LogP contribution in [0.15, 0.2) is 36.4 Å². The molecule has 0 saturated heterocycles. The Labute approximate surface area is 135 Å². The van der Waals surface area contributed by atoms with Crippen molar-refractivity contribution in [3.63, 3.8) is 0 Å². The number of carbonyl (C=O) groups excluding carboxylic acids is 2. The minimum atomic E-state index is -1.25. The van der Waals surface area contributed by atoms with Gasteiger partial charge < -0.3 is 14.8 Å². The zero-order valence-corrected chi connectivity index (χ0v) is 13.7. The van der Waals surface area contributed by atoms with Crippen LogP contribution in [0.5, 0.6) is 0 Å². The van der Waals surface area contributed by atoms with E-state index in [0.29, 0.717) is 17.7 Å². The van der Waals surface area contributed by atoms with Gasteiger partial charge in [0.15, 0.2) is 6.29 Å². The van der Waals surface area contributed by atoms with Crippen LogP contribution in [0.3, 0.4) is 0 Å². The smallest absolute Gasteiger partial charge is 0.408 e. The molecule has 1 aromatic heterocycles. The number of carbonyl (C=O) groups is 2. The number of hydrogen-bond acceptors (Lipinski definition) is 4. The number of alkyl carbamates (subject to hydrolysis) is 1. The first-order valence-corrected chi connectivity index (χ1v) is 7.32. The molecule has 1 amide bonds. The van der Waals surface area contributed by atoms with E-state index in [2.05, 4.69) is 15.5 Å². The van der Waals surface area contributed by atoms with Crippen molar-refractivity contribution in [1.82, 2.24) is 15.5 Å². The Hall–Kier alpha value is -2.63. The third kappa shape index (κ3) is 4.18. The Morgan fingerprint density at radius 1 is 1.22 bits per heavy atom. The summed E-state index contributed by atoms with van der Waals surface area (Å²) in [6, 6.07) is 11.3. The fourth-order valence-electron chi connectivity index (χ4n) is 2.02. The van der Waals surface area contributed by atoms with E-state index in [9.17, 15) is 9.59 Å². The Bertz CT molecular complexity index is 689. The molecular formula is C17H21N3O3. The van der Waals surface area contributed by atoms with E-state index >= 15 is 0 Å². The summed E-state index contributed by atoms with van der Waals surface area (Å²) in [5.74, 6) is 0. The third-order valence-electron chi connectivity index (χ3n) is 3.20. The van der Waals surface area contributed by atoms with Crippen molar-refractivity contribution in [1.29, 1.82) is 0 Å². The van der Waals surface area contributed by atoms with Crippen LogP contribution in [0.1, 0.15) is 33.4 Å². The van der Waals surface area contributed by atoms with Crippen molar-refractivity contribution in [3.8, 4) is 11.3 Å². The second-order valence-electron chi connectivity index (χ2n) is 6.48. The molecule has 0 fully saturated rings. The number of aldehydes is 1. The second-order valence-corrected chi connectivity index (χ2v) is 6.48. The minimum absolute atomic E-state index is 0.484. The van der Waals surface area contributed by atoms with Crippen LogP contribution in [-0.4, -0.2) is 28.2 Å². The number of benzene rings is 1. The first-order chi connectivity index (χ1) is 10.7. The van der Waals surface area contributed by atoms with E-state index in [0.717, 1.165) is 5.56 Å². The van der Waals surface area contributed by atoms with Crippen LogP contribution in [0, 0.1) is 0 Å². The molecular weight excluding hydrogens is 294 g/mol. The highest BCUT2D eigenvalue weighted by Crippen LogP contribution is 2.23. The average molecular weight is 315 g/mol. The molecule has 0 saturated carbocycles. The molecule has 0 radical (unpaired) electrons. The van der Waals surface area contributed by atoms with E-state index in [1.807, 2.05) is 30.3 Å². The summed E-state index contributed by atoms with van der Waals surface area (Å²) in [6.07, 6.45) is -0.0119. The quantitative estimate of drug-likeness (QED) is 0.849. The summed E-state index contributed by atoms with van der Waals surface area (Å²) in [6.45, 7) is 6.86. The number of aromatic amines is 1.